The first kappa shape index (κ1) is 28.0. The van der Waals surface area contributed by atoms with Gasteiger partial charge in [0.25, 0.3) is 0 Å². The molecule has 0 atom stereocenters. The third-order valence-corrected chi connectivity index (χ3v) is 3.36. The quantitative estimate of drug-likeness (QED) is 0.280. The topological polar surface area (TPSA) is 91.3 Å². The first-order chi connectivity index (χ1) is 13.1. The number of esters is 1. The predicted molar refractivity (Wildman–Crippen MR) is 105 cm³/mol. The van der Waals surface area contributed by atoms with Crippen molar-refractivity contribution in [1.29, 1.82) is 0 Å². The van der Waals surface area contributed by atoms with Crippen LogP contribution in [-0.4, -0.2) is 63.3 Å². The number of hydrogen-bond acceptors (Lipinski definition) is 6. The second kappa shape index (κ2) is 24.8. The van der Waals surface area contributed by atoms with E-state index in [-0.39, 0.29) is 12.4 Å². The van der Waals surface area contributed by atoms with Gasteiger partial charge in [0.15, 0.2) is 0 Å². The number of ether oxygens (including phenoxy) is 4. The fraction of sp³-hybridized carbons (Fsp3) is 0.900. The van der Waals surface area contributed by atoms with E-state index in [1.54, 1.807) is 6.92 Å². The Bertz CT molecular complexity index is 309. The summed E-state index contributed by atoms with van der Waals surface area (Å²) in [6.07, 6.45) is 6.22. The molecule has 0 unspecified atom stereocenters. The molecule has 0 heterocycles. The van der Waals surface area contributed by atoms with Crippen molar-refractivity contribution >= 4 is 11.9 Å². The second-order valence-electron chi connectivity index (χ2n) is 5.95. The molecule has 0 saturated heterocycles. The molecule has 0 fully saturated rings. The lowest BCUT2D eigenvalue weighted by atomic mass is 10.2. The van der Waals surface area contributed by atoms with Crippen LogP contribution >= 0.6 is 0 Å². The normalized spacial score (nSPS) is 10.2. The summed E-state index contributed by atoms with van der Waals surface area (Å²) in [6, 6.07) is 0. The van der Waals surface area contributed by atoms with Crippen LogP contribution in [0, 0.1) is 0 Å². The first-order valence-corrected chi connectivity index (χ1v) is 10.2. The summed E-state index contributed by atoms with van der Waals surface area (Å²) in [7, 11) is 0. The molecule has 0 aromatic heterocycles. The maximum Gasteiger partial charge on any atom is 0.305 e. The third-order valence-electron chi connectivity index (χ3n) is 3.36. The van der Waals surface area contributed by atoms with Crippen molar-refractivity contribution in [3.8, 4) is 0 Å². The molecular formula is C20H40O7. The zero-order valence-corrected chi connectivity index (χ0v) is 17.5. The minimum Gasteiger partial charge on any atom is -0.481 e. The fourth-order valence-electron chi connectivity index (χ4n) is 1.81. The summed E-state index contributed by atoms with van der Waals surface area (Å²) < 4.78 is 20.7. The molecule has 0 aliphatic carbocycles. The summed E-state index contributed by atoms with van der Waals surface area (Å²) in [5.41, 5.74) is 0. The predicted octanol–water partition coefficient (Wildman–Crippen LogP) is 3.83. The van der Waals surface area contributed by atoms with Gasteiger partial charge < -0.3 is 24.1 Å². The van der Waals surface area contributed by atoms with Crippen molar-refractivity contribution in [1.82, 2.24) is 0 Å². The first-order valence-electron chi connectivity index (χ1n) is 10.2. The molecule has 0 rings (SSSR count). The Morgan fingerprint density at radius 3 is 1.52 bits per heavy atom. The van der Waals surface area contributed by atoms with Crippen molar-refractivity contribution < 1.29 is 33.6 Å². The maximum absolute atomic E-state index is 10.7. The van der Waals surface area contributed by atoms with Gasteiger partial charge >= 0.3 is 11.9 Å². The van der Waals surface area contributed by atoms with Crippen LogP contribution in [0.25, 0.3) is 0 Å². The van der Waals surface area contributed by atoms with Gasteiger partial charge in [-0.05, 0) is 32.6 Å². The summed E-state index contributed by atoms with van der Waals surface area (Å²) >= 11 is 0. The number of hydrogen-bond donors (Lipinski definition) is 1. The number of rotatable bonds is 18. The van der Waals surface area contributed by atoms with Crippen molar-refractivity contribution in [2.24, 2.45) is 0 Å². The van der Waals surface area contributed by atoms with Gasteiger partial charge in [-0.25, -0.2) is 0 Å². The Kier molecular flexibility index (Phi) is 25.8. The van der Waals surface area contributed by atoms with Crippen LogP contribution < -0.4 is 0 Å². The molecule has 0 aromatic rings. The van der Waals surface area contributed by atoms with Crippen LogP contribution in [0.4, 0.5) is 0 Å². The van der Waals surface area contributed by atoms with Gasteiger partial charge in [0.2, 0.25) is 0 Å². The average Bonchev–Trinajstić information content (AvgIpc) is 2.64. The van der Waals surface area contributed by atoms with E-state index in [2.05, 4.69) is 18.6 Å². The molecule has 7 heteroatoms. The van der Waals surface area contributed by atoms with Gasteiger partial charge in [-0.2, -0.15) is 0 Å². The molecule has 0 aliphatic heterocycles. The highest BCUT2D eigenvalue weighted by Gasteiger charge is 2.02. The number of carbonyl (C=O) groups excluding carboxylic acids is 1. The lowest BCUT2D eigenvalue weighted by Gasteiger charge is -2.06. The second-order valence-corrected chi connectivity index (χ2v) is 5.95. The van der Waals surface area contributed by atoms with Crippen LogP contribution in [0.15, 0.2) is 0 Å². The molecule has 0 bridgehead atoms. The van der Waals surface area contributed by atoms with Crippen molar-refractivity contribution in [3.63, 3.8) is 0 Å². The van der Waals surface area contributed by atoms with E-state index in [4.69, 9.17) is 19.3 Å². The van der Waals surface area contributed by atoms with Crippen LogP contribution in [0.3, 0.4) is 0 Å². The van der Waals surface area contributed by atoms with Gasteiger partial charge in [-0.1, -0.05) is 26.7 Å². The van der Waals surface area contributed by atoms with E-state index >= 15 is 0 Å². The van der Waals surface area contributed by atoms with Gasteiger partial charge in [0, 0.05) is 26.1 Å². The van der Waals surface area contributed by atoms with Gasteiger partial charge in [0.05, 0.1) is 33.0 Å². The molecule has 0 radical (unpaired) electrons. The van der Waals surface area contributed by atoms with Crippen LogP contribution in [-0.2, 0) is 28.5 Å². The third kappa shape index (κ3) is 29.8. The molecule has 0 spiro atoms. The molecule has 0 amide bonds. The molecule has 0 aromatic carbocycles. The SMILES string of the molecule is CCCCOCCOCCOCCCC.CCOC(=O)CCCCC(=O)O. The van der Waals surface area contributed by atoms with E-state index in [9.17, 15) is 9.59 Å². The Hall–Kier alpha value is -1.18. The molecule has 27 heavy (non-hydrogen) atoms. The zero-order valence-electron chi connectivity index (χ0n) is 17.5. The number of aliphatic carboxylic acids is 1. The highest BCUT2D eigenvalue weighted by Crippen LogP contribution is 2.00. The summed E-state index contributed by atoms with van der Waals surface area (Å²) in [5, 5.41) is 8.27. The molecular weight excluding hydrogens is 352 g/mol. The van der Waals surface area contributed by atoms with Gasteiger partial charge in [0.1, 0.15) is 0 Å². The smallest absolute Gasteiger partial charge is 0.305 e. The number of carboxylic acids is 1. The number of carbonyl (C=O) groups is 2. The lowest BCUT2D eigenvalue weighted by Crippen LogP contribution is -2.10. The summed E-state index contributed by atoms with van der Waals surface area (Å²) in [6.45, 7) is 10.9. The molecule has 7 nitrogen and oxygen atoms in total. The lowest BCUT2D eigenvalue weighted by molar-refractivity contribution is -0.143. The standard InChI is InChI=1S/C12H26O3.C8H14O4/c1-3-5-7-13-9-11-15-12-10-14-8-6-4-2;1-2-12-8(11)6-4-3-5-7(9)10/h3-12H2,1-2H3;2-6H2,1H3,(H,9,10). The summed E-state index contributed by atoms with van der Waals surface area (Å²) in [5.74, 6) is -1.07. The number of carboxylic acid groups (broad SMARTS) is 1. The van der Waals surface area contributed by atoms with E-state index in [0.29, 0.717) is 52.3 Å². The largest absolute Gasteiger partial charge is 0.481 e. The van der Waals surface area contributed by atoms with E-state index in [0.717, 1.165) is 26.1 Å². The monoisotopic (exact) mass is 392 g/mol. The highest BCUT2D eigenvalue weighted by molar-refractivity contribution is 5.69. The van der Waals surface area contributed by atoms with Crippen molar-refractivity contribution in [2.45, 2.75) is 72.1 Å². The molecule has 0 saturated carbocycles. The van der Waals surface area contributed by atoms with Gasteiger partial charge in [-0.15, -0.1) is 0 Å². The van der Waals surface area contributed by atoms with Crippen LogP contribution in [0.1, 0.15) is 72.1 Å². The average molecular weight is 393 g/mol. The summed E-state index contributed by atoms with van der Waals surface area (Å²) in [4.78, 5) is 20.8. The Labute approximate surface area is 164 Å². The molecule has 1 N–H and O–H groups in total. The van der Waals surface area contributed by atoms with Crippen LogP contribution in [0.5, 0.6) is 0 Å². The van der Waals surface area contributed by atoms with E-state index in [1.165, 1.54) is 12.8 Å². The molecule has 0 aliphatic rings. The van der Waals surface area contributed by atoms with E-state index < -0.39 is 5.97 Å². The Morgan fingerprint density at radius 2 is 1.11 bits per heavy atom. The molecule has 162 valence electrons. The van der Waals surface area contributed by atoms with Crippen molar-refractivity contribution in [2.75, 3.05) is 46.2 Å². The minimum absolute atomic E-state index is 0.124. The van der Waals surface area contributed by atoms with Crippen molar-refractivity contribution in [3.05, 3.63) is 0 Å². The minimum atomic E-state index is -0.821. The fourth-order valence-corrected chi connectivity index (χ4v) is 1.81. The Balaban J connectivity index is 0. The van der Waals surface area contributed by atoms with Crippen LogP contribution in [0.2, 0.25) is 0 Å². The number of unbranched alkanes of at least 4 members (excludes halogenated alkanes) is 3. The Morgan fingerprint density at radius 1 is 0.667 bits per heavy atom. The maximum atomic E-state index is 10.7. The zero-order chi connectivity index (χ0) is 20.6. The van der Waals surface area contributed by atoms with Gasteiger partial charge in [-0.3, -0.25) is 9.59 Å². The van der Waals surface area contributed by atoms with E-state index in [1.807, 2.05) is 0 Å². The highest BCUT2D eigenvalue weighted by atomic mass is 16.5.